The Morgan fingerprint density at radius 2 is 2.12 bits per heavy atom. The number of aryl methyl sites for hydroxylation is 2. The van der Waals surface area contributed by atoms with Gasteiger partial charge < -0.3 is 5.32 Å². The van der Waals surface area contributed by atoms with Gasteiger partial charge in [-0.1, -0.05) is 6.92 Å². The largest absolute Gasteiger partial charge is 0.307 e. The summed E-state index contributed by atoms with van der Waals surface area (Å²) in [4.78, 5) is 4.53. The number of hydrogen-bond acceptors (Lipinski definition) is 4. The number of rotatable bonds is 5. The van der Waals surface area contributed by atoms with Crippen LogP contribution in [0.25, 0.3) is 0 Å². The Morgan fingerprint density at radius 1 is 1.25 bits per heavy atom. The fourth-order valence-electron chi connectivity index (χ4n) is 1.49. The Bertz CT molecular complexity index is 445. The molecule has 86 valence electrons. The molecule has 0 spiro atoms. The third-order valence-electron chi connectivity index (χ3n) is 2.48. The summed E-state index contributed by atoms with van der Waals surface area (Å²) >= 11 is 3.52. The molecular weight excluding hydrogens is 236 g/mol. The van der Waals surface area contributed by atoms with E-state index in [1.54, 1.807) is 22.7 Å². The maximum atomic E-state index is 4.53. The lowest BCUT2D eigenvalue weighted by Gasteiger charge is -2.01. The quantitative estimate of drug-likeness (QED) is 0.882. The van der Waals surface area contributed by atoms with Gasteiger partial charge in [0, 0.05) is 18.5 Å². The van der Waals surface area contributed by atoms with Gasteiger partial charge in [0.25, 0.3) is 0 Å². The molecular formula is C12H16N2S2. The van der Waals surface area contributed by atoms with Crippen molar-refractivity contribution in [3.63, 3.8) is 0 Å². The van der Waals surface area contributed by atoms with Crippen molar-refractivity contribution in [2.45, 2.75) is 33.4 Å². The van der Waals surface area contributed by atoms with Crippen LogP contribution >= 0.6 is 22.7 Å². The Labute approximate surface area is 104 Å². The van der Waals surface area contributed by atoms with E-state index in [-0.39, 0.29) is 0 Å². The minimum Gasteiger partial charge on any atom is -0.307 e. The summed E-state index contributed by atoms with van der Waals surface area (Å²) < 4.78 is 0. The molecule has 2 aromatic rings. The molecule has 0 aromatic carbocycles. The van der Waals surface area contributed by atoms with Crippen LogP contribution in [0.4, 0.5) is 0 Å². The average Bonchev–Trinajstić information content (AvgIpc) is 2.89. The maximum absolute atomic E-state index is 4.53. The van der Waals surface area contributed by atoms with Crippen molar-refractivity contribution in [1.29, 1.82) is 0 Å². The van der Waals surface area contributed by atoms with Crippen LogP contribution in [0, 0.1) is 6.92 Å². The van der Waals surface area contributed by atoms with Crippen LogP contribution in [0.2, 0.25) is 0 Å². The van der Waals surface area contributed by atoms with Gasteiger partial charge in [-0.05, 0) is 35.2 Å². The maximum Gasteiger partial charge on any atom is 0.0926 e. The average molecular weight is 252 g/mol. The van der Waals surface area contributed by atoms with Crippen molar-refractivity contribution in [3.8, 4) is 0 Å². The summed E-state index contributed by atoms with van der Waals surface area (Å²) in [5, 5.41) is 11.2. The second kappa shape index (κ2) is 5.57. The van der Waals surface area contributed by atoms with E-state index in [1.165, 1.54) is 16.1 Å². The number of nitrogens with one attached hydrogen (secondary N) is 1. The molecule has 0 radical (unpaired) electrons. The zero-order chi connectivity index (χ0) is 11.4. The molecule has 0 aliphatic carbocycles. The molecule has 0 aliphatic rings. The lowest BCUT2D eigenvalue weighted by Crippen LogP contribution is -2.13. The highest BCUT2D eigenvalue weighted by molar-refractivity contribution is 7.09. The number of thiazole rings is 1. The number of thiophene rings is 1. The number of hydrogen-bond donors (Lipinski definition) is 1. The molecule has 2 aromatic heterocycles. The van der Waals surface area contributed by atoms with Crippen LogP contribution in [0.5, 0.6) is 0 Å². The van der Waals surface area contributed by atoms with Crippen molar-refractivity contribution in [2.24, 2.45) is 0 Å². The Morgan fingerprint density at radius 3 is 2.75 bits per heavy atom. The molecule has 2 nitrogen and oxygen atoms in total. The van der Waals surface area contributed by atoms with Crippen molar-refractivity contribution < 1.29 is 0 Å². The molecule has 0 fully saturated rings. The van der Waals surface area contributed by atoms with E-state index >= 15 is 0 Å². The van der Waals surface area contributed by atoms with E-state index in [2.05, 4.69) is 40.3 Å². The number of aromatic nitrogens is 1. The van der Waals surface area contributed by atoms with Crippen LogP contribution in [-0.4, -0.2) is 4.98 Å². The molecule has 0 saturated carbocycles. The SMILES string of the molecule is CCc1nc(CNCc2cscc2C)cs1. The van der Waals surface area contributed by atoms with Crippen LogP contribution < -0.4 is 5.32 Å². The minimum atomic E-state index is 0.867. The fourth-order valence-corrected chi connectivity index (χ4v) is 3.09. The van der Waals surface area contributed by atoms with Crippen LogP contribution in [-0.2, 0) is 19.5 Å². The summed E-state index contributed by atoms with van der Waals surface area (Å²) in [6.45, 7) is 6.11. The lowest BCUT2D eigenvalue weighted by atomic mass is 10.2. The van der Waals surface area contributed by atoms with E-state index < -0.39 is 0 Å². The zero-order valence-corrected chi connectivity index (χ0v) is 11.3. The molecule has 0 amide bonds. The lowest BCUT2D eigenvalue weighted by molar-refractivity contribution is 0.680. The van der Waals surface area contributed by atoms with Gasteiger partial charge in [0.1, 0.15) is 0 Å². The standard InChI is InChI=1S/C12H16N2S2/c1-3-12-14-11(8-16-12)5-13-4-10-7-15-6-9(10)2/h6-8,13H,3-5H2,1-2H3. The van der Waals surface area contributed by atoms with Gasteiger partial charge in [0.05, 0.1) is 10.7 Å². The van der Waals surface area contributed by atoms with E-state index in [0.29, 0.717) is 0 Å². The summed E-state index contributed by atoms with van der Waals surface area (Å²) in [5.74, 6) is 0. The topological polar surface area (TPSA) is 24.9 Å². The van der Waals surface area contributed by atoms with Crippen molar-refractivity contribution >= 4 is 22.7 Å². The third kappa shape index (κ3) is 2.90. The van der Waals surface area contributed by atoms with E-state index in [0.717, 1.165) is 25.2 Å². The molecule has 4 heteroatoms. The van der Waals surface area contributed by atoms with E-state index in [4.69, 9.17) is 0 Å². The minimum absolute atomic E-state index is 0.867. The van der Waals surface area contributed by atoms with Gasteiger partial charge in [-0.2, -0.15) is 11.3 Å². The molecule has 0 atom stereocenters. The summed E-state index contributed by atoms with van der Waals surface area (Å²) in [5.41, 5.74) is 3.94. The highest BCUT2D eigenvalue weighted by Crippen LogP contribution is 2.14. The second-order valence-corrected chi connectivity index (χ2v) is 5.46. The predicted molar refractivity (Wildman–Crippen MR) is 71.1 cm³/mol. The normalized spacial score (nSPS) is 10.9. The Hall–Kier alpha value is -0.710. The Kier molecular flexibility index (Phi) is 4.09. The predicted octanol–water partition coefficient (Wildman–Crippen LogP) is 3.37. The molecule has 2 rings (SSSR count). The van der Waals surface area contributed by atoms with E-state index in [9.17, 15) is 0 Å². The number of nitrogens with zero attached hydrogens (tertiary/aromatic N) is 1. The first-order valence-electron chi connectivity index (χ1n) is 5.45. The second-order valence-electron chi connectivity index (χ2n) is 3.77. The molecule has 0 aliphatic heterocycles. The summed E-state index contributed by atoms with van der Waals surface area (Å²) in [6.07, 6.45) is 1.04. The van der Waals surface area contributed by atoms with Gasteiger partial charge in [0.2, 0.25) is 0 Å². The third-order valence-corrected chi connectivity index (χ3v) is 4.44. The zero-order valence-electron chi connectivity index (χ0n) is 9.62. The summed E-state index contributed by atoms with van der Waals surface area (Å²) in [7, 11) is 0. The molecule has 0 bridgehead atoms. The highest BCUT2D eigenvalue weighted by atomic mass is 32.1. The first kappa shape index (κ1) is 11.8. The fraction of sp³-hybridized carbons (Fsp3) is 0.417. The molecule has 0 saturated heterocycles. The van der Waals surface area contributed by atoms with Crippen LogP contribution in [0.1, 0.15) is 28.8 Å². The van der Waals surface area contributed by atoms with Gasteiger partial charge in [-0.15, -0.1) is 11.3 Å². The molecule has 16 heavy (non-hydrogen) atoms. The van der Waals surface area contributed by atoms with Gasteiger partial charge in [-0.3, -0.25) is 0 Å². The van der Waals surface area contributed by atoms with Crippen molar-refractivity contribution in [1.82, 2.24) is 10.3 Å². The van der Waals surface area contributed by atoms with Gasteiger partial charge >= 0.3 is 0 Å². The van der Waals surface area contributed by atoms with E-state index in [1.807, 2.05) is 0 Å². The monoisotopic (exact) mass is 252 g/mol. The highest BCUT2D eigenvalue weighted by Gasteiger charge is 2.01. The van der Waals surface area contributed by atoms with Gasteiger partial charge in [-0.25, -0.2) is 4.98 Å². The smallest absolute Gasteiger partial charge is 0.0926 e. The first-order valence-corrected chi connectivity index (χ1v) is 7.27. The first-order chi connectivity index (χ1) is 7.79. The molecule has 1 N–H and O–H groups in total. The van der Waals surface area contributed by atoms with Crippen molar-refractivity contribution in [3.05, 3.63) is 38.0 Å². The summed E-state index contributed by atoms with van der Waals surface area (Å²) in [6, 6.07) is 0. The van der Waals surface area contributed by atoms with Gasteiger partial charge in [0.15, 0.2) is 0 Å². The van der Waals surface area contributed by atoms with Crippen LogP contribution in [0.15, 0.2) is 16.1 Å². The van der Waals surface area contributed by atoms with Crippen LogP contribution in [0.3, 0.4) is 0 Å². The van der Waals surface area contributed by atoms with Crippen molar-refractivity contribution in [2.75, 3.05) is 0 Å². The molecule has 2 heterocycles. The molecule has 0 unspecified atom stereocenters. The Balaban J connectivity index is 1.82.